The van der Waals surface area contributed by atoms with Gasteiger partial charge in [-0.2, -0.15) is 0 Å². The summed E-state index contributed by atoms with van der Waals surface area (Å²) in [6, 6.07) is 2.04. The number of hydrogen-bond acceptors (Lipinski definition) is 3. The molecule has 2 heterocycles. The van der Waals surface area contributed by atoms with Crippen LogP contribution < -0.4 is 5.32 Å². The van der Waals surface area contributed by atoms with Crippen LogP contribution in [0.15, 0.2) is 10.6 Å². The van der Waals surface area contributed by atoms with Crippen LogP contribution in [-0.4, -0.2) is 18.2 Å². The van der Waals surface area contributed by atoms with Gasteiger partial charge >= 0.3 is 0 Å². The van der Waals surface area contributed by atoms with Crippen LogP contribution in [0.25, 0.3) is 0 Å². The summed E-state index contributed by atoms with van der Waals surface area (Å²) in [5.41, 5.74) is 0.982. The van der Waals surface area contributed by atoms with Crippen molar-refractivity contribution in [1.29, 1.82) is 0 Å². The smallest absolute Gasteiger partial charge is 0.141 e. The molecule has 1 saturated heterocycles. The zero-order valence-electron chi connectivity index (χ0n) is 7.34. The van der Waals surface area contributed by atoms with E-state index in [9.17, 15) is 0 Å². The van der Waals surface area contributed by atoms with Crippen molar-refractivity contribution < 1.29 is 4.52 Å². The topological polar surface area (TPSA) is 38.1 Å². The highest BCUT2D eigenvalue weighted by atomic mass is 16.5. The van der Waals surface area contributed by atoms with E-state index in [4.69, 9.17) is 4.52 Å². The second kappa shape index (κ2) is 3.27. The molecule has 0 amide bonds. The van der Waals surface area contributed by atoms with Gasteiger partial charge in [0.25, 0.3) is 0 Å². The van der Waals surface area contributed by atoms with Gasteiger partial charge < -0.3 is 9.84 Å². The molecule has 0 spiro atoms. The minimum absolute atomic E-state index is 0.542. The molecule has 1 aliphatic rings. The van der Waals surface area contributed by atoms with Crippen LogP contribution in [0.3, 0.4) is 0 Å². The van der Waals surface area contributed by atoms with Gasteiger partial charge in [-0.25, -0.2) is 0 Å². The van der Waals surface area contributed by atoms with Gasteiger partial charge in [-0.1, -0.05) is 5.16 Å². The Bertz CT molecular complexity index is 251. The Morgan fingerprint density at radius 2 is 2.58 bits per heavy atom. The molecule has 1 aromatic rings. The Morgan fingerprint density at radius 1 is 1.67 bits per heavy atom. The maximum absolute atomic E-state index is 5.21. The second-order valence-electron chi connectivity index (χ2n) is 3.41. The van der Waals surface area contributed by atoms with Gasteiger partial charge in [-0.15, -0.1) is 0 Å². The van der Waals surface area contributed by atoms with Crippen LogP contribution in [0.2, 0.25) is 0 Å². The van der Waals surface area contributed by atoms with E-state index in [1.165, 1.54) is 12.8 Å². The lowest BCUT2D eigenvalue weighted by Gasteiger charge is -2.19. The van der Waals surface area contributed by atoms with E-state index in [0.29, 0.717) is 5.92 Å². The molecule has 0 radical (unpaired) electrons. The fraction of sp³-hybridized carbons (Fsp3) is 0.667. The lowest BCUT2D eigenvalue weighted by atomic mass is 9.97. The van der Waals surface area contributed by atoms with Gasteiger partial charge in [0.1, 0.15) is 5.76 Å². The third-order valence-electron chi connectivity index (χ3n) is 2.35. The fourth-order valence-corrected chi connectivity index (χ4v) is 1.67. The van der Waals surface area contributed by atoms with Gasteiger partial charge in [0, 0.05) is 18.5 Å². The number of hydrogen-bond donors (Lipinski definition) is 1. The number of rotatable bonds is 1. The van der Waals surface area contributed by atoms with E-state index in [0.717, 1.165) is 24.5 Å². The number of nitrogens with zero attached hydrogens (tertiary/aromatic N) is 1. The molecule has 1 aliphatic heterocycles. The molecule has 1 N–H and O–H groups in total. The largest absolute Gasteiger partial charge is 0.361 e. The number of aromatic nitrogens is 1. The van der Waals surface area contributed by atoms with Gasteiger partial charge in [-0.3, -0.25) is 0 Å². The Balaban J connectivity index is 2.08. The number of nitrogens with one attached hydrogen (secondary N) is 1. The molecule has 1 atom stereocenters. The number of piperidine rings is 1. The average Bonchev–Trinajstić information content (AvgIpc) is 2.54. The highest BCUT2D eigenvalue weighted by Gasteiger charge is 2.18. The summed E-state index contributed by atoms with van der Waals surface area (Å²) in [6.45, 7) is 4.14. The molecular formula is C9H14N2O. The molecule has 0 aliphatic carbocycles. The van der Waals surface area contributed by atoms with Crippen molar-refractivity contribution >= 4 is 0 Å². The molecule has 12 heavy (non-hydrogen) atoms. The summed E-state index contributed by atoms with van der Waals surface area (Å²) < 4.78 is 5.21. The second-order valence-corrected chi connectivity index (χ2v) is 3.41. The van der Waals surface area contributed by atoms with Gasteiger partial charge in [-0.05, 0) is 26.3 Å². The molecule has 0 bridgehead atoms. The Kier molecular flexibility index (Phi) is 2.13. The van der Waals surface area contributed by atoms with Crippen molar-refractivity contribution in [3.63, 3.8) is 0 Å². The summed E-state index contributed by atoms with van der Waals surface area (Å²) in [6.07, 6.45) is 2.46. The Hall–Kier alpha value is -0.830. The van der Waals surface area contributed by atoms with E-state index in [2.05, 4.69) is 10.5 Å². The third-order valence-corrected chi connectivity index (χ3v) is 2.35. The van der Waals surface area contributed by atoms with Crippen LogP contribution in [-0.2, 0) is 0 Å². The van der Waals surface area contributed by atoms with Crippen molar-refractivity contribution in [3.05, 3.63) is 17.5 Å². The van der Waals surface area contributed by atoms with Crippen LogP contribution in [0, 0.1) is 6.92 Å². The fourth-order valence-electron chi connectivity index (χ4n) is 1.67. The zero-order valence-corrected chi connectivity index (χ0v) is 7.34. The Labute approximate surface area is 72.1 Å². The highest BCUT2D eigenvalue weighted by Crippen LogP contribution is 2.23. The molecule has 66 valence electrons. The maximum Gasteiger partial charge on any atom is 0.141 e. The summed E-state index contributed by atoms with van der Waals surface area (Å²) in [7, 11) is 0. The zero-order chi connectivity index (χ0) is 8.39. The van der Waals surface area contributed by atoms with E-state index in [1.807, 2.05) is 13.0 Å². The van der Waals surface area contributed by atoms with Crippen LogP contribution in [0.1, 0.15) is 30.2 Å². The third kappa shape index (κ3) is 1.50. The molecular weight excluding hydrogens is 152 g/mol. The minimum atomic E-state index is 0.542. The van der Waals surface area contributed by atoms with Crippen molar-refractivity contribution in [2.45, 2.75) is 25.7 Å². The van der Waals surface area contributed by atoms with Crippen molar-refractivity contribution in [3.8, 4) is 0 Å². The van der Waals surface area contributed by atoms with Crippen LogP contribution >= 0.6 is 0 Å². The molecule has 3 nitrogen and oxygen atoms in total. The molecule has 1 aromatic heterocycles. The van der Waals surface area contributed by atoms with E-state index in [-0.39, 0.29) is 0 Å². The quantitative estimate of drug-likeness (QED) is 0.686. The standard InChI is InChI=1S/C9H14N2O/c1-7-5-9(12-11-7)8-3-2-4-10-6-8/h5,8,10H,2-4,6H2,1H3/t8-/m0/s1. The summed E-state index contributed by atoms with van der Waals surface area (Å²) in [5.74, 6) is 1.58. The first-order valence-corrected chi connectivity index (χ1v) is 4.50. The first-order chi connectivity index (χ1) is 5.86. The normalized spacial score (nSPS) is 24.2. The summed E-state index contributed by atoms with van der Waals surface area (Å²) in [4.78, 5) is 0. The first-order valence-electron chi connectivity index (χ1n) is 4.50. The molecule has 0 saturated carbocycles. The molecule has 2 rings (SSSR count). The van der Waals surface area contributed by atoms with E-state index < -0.39 is 0 Å². The van der Waals surface area contributed by atoms with Crippen LogP contribution in [0.5, 0.6) is 0 Å². The van der Waals surface area contributed by atoms with Gasteiger partial charge in [0.15, 0.2) is 0 Å². The molecule has 0 aromatic carbocycles. The highest BCUT2D eigenvalue weighted by molar-refractivity contribution is 5.09. The minimum Gasteiger partial charge on any atom is -0.361 e. The van der Waals surface area contributed by atoms with Gasteiger partial charge in [0.2, 0.25) is 0 Å². The molecule has 0 unspecified atom stereocenters. The monoisotopic (exact) mass is 166 g/mol. The van der Waals surface area contributed by atoms with E-state index in [1.54, 1.807) is 0 Å². The maximum atomic E-state index is 5.21. The van der Waals surface area contributed by atoms with E-state index >= 15 is 0 Å². The number of aryl methyl sites for hydroxylation is 1. The predicted octanol–water partition coefficient (Wildman–Crippen LogP) is 1.45. The van der Waals surface area contributed by atoms with Crippen LogP contribution in [0.4, 0.5) is 0 Å². The SMILES string of the molecule is Cc1cc([C@H]2CCCNC2)on1. The summed E-state index contributed by atoms with van der Waals surface area (Å²) >= 11 is 0. The lowest BCUT2D eigenvalue weighted by molar-refractivity contribution is 0.327. The summed E-state index contributed by atoms with van der Waals surface area (Å²) in [5, 5.41) is 7.24. The average molecular weight is 166 g/mol. The van der Waals surface area contributed by atoms with Gasteiger partial charge in [0.05, 0.1) is 5.69 Å². The molecule has 3 heteroatoms. The molecule has 1 fully saturated rings. The Morgan fingerprint density at radius 3 is 3.17 bits per heavy atom. The van der Waals surface area contributed by atoms with Crippen molar-refractivity contribution in [2.75, 3.05) is 13.1 Å². The first kappa shape index (κ1) is 7.80. The predicted molar refractivity (Wildman–Crippen MR) is 46.1 cm³/mol. The van der Waals surface area contributed by atoms with Crippen molar-refractivity contribution in [2.24, 2.45) is 0 Å². The van der Waals surface area contributed by atoms with Crippen molar-refractivity contribution in [1.82, 2.24) is 10.5 Å². The lowest BCUT2D eigenvalue weighted by Crippen LogP contribution is -2.28.